The number of hydrogen-bond donors (Lipinski definition) is 0. The molecule has 0 rings (SSSR count). The van der Waals surface area contributed by atoms with Gasteiger partial charge in [-0.3, -0.25) is 0 Å². The van der Waals surface area contributed by atoms with Gasteiger partial charge in [-0.1, -0.05) is 0 Å². The monoisotopic (exact) mass is 490 g/mol. The van der Waals surface area contributed by atoms with Gasteiger partial charge in [0.05, 0.1) is 0 Å². The topological polar surface area (TPSA) is 0 Å². The summed E-state index contributed by atoms with van der Waals surface area (Å²) in [5.74, 6) is 0. The molecule has 0 saturated heterocycles. The van der Waals surface area contributed by atoms with Crippen molar-refractivity contribution in [3.05, 3.63) is 0 Å². The molecule has 0 amide bonds. The van der Waals surface area contributed by atoms with Crippen LogP contribution in [0, 0.1) is 0 Å². The molecule has 5 heteroatoms. The summed E-state index contributed by atoms with van der Waals surface area (Å²) in [4.78, 5) is 0. The summed E-state index contributed by atoms with van der Waals surface area (Å²) >= 11 is 0. The van der Waals surface area contributed by atoms with E-state index in [9.17, 15) is 0 Å². The van der Waals surface area contributed by atoms with Crippen LogP contribution in [0.4, 0.5) is 0 Å². The van der Waals surface area contributed by atoms with Crippen molar-refractivity contribution >= 4 is 0 Å². The molecule has 0 fully saturated rings. The fourth-order valence-corrected chi connectivity index (χ4v) is 0. The van der Waals surface area contributed by atoms with Gasteiger partial charge in [0.2, 0.25) is 0 Å². The van der Waals surface area contributed by atoms with Crippen molar-refractivity contribution in [2.45, 2.75) is 0 Å². The molecule has 0 saturated carbocycles. The Labute approximate surface area is 96.4 Å². The fraction of sp³-hybridized carbons (Fsp3) is 0. The van der Waals surface area contributed by atoms with Crippen LogP contribution in [0.1, 0.15) is 0 Å². The quantitative estimate of drug-likeness (QED) is 0.418. The van der Waals surface area contributed by atoms with Gasteiger partial charge in [-0.05, 0) is 0 Å². The van der Waals surface area contributed by atoms with Crippen molar-refractivity contribution in [3.8, 4) is 0 Å². The van der Waals surface area contributed by atoms with Gasteiger partial charge in [0.1, 0.15) is 0 Å². The first-order chi connectivity index (χ1) is 0. The van der Waals surface area contributed by atoms with Crippen molar-refractivity contribution < 1.29 is 98.1 Å². The molecule has 0 N–H and O–H groups in total. The first-order valence-corrected chi connectivity index (χ1v) is 0. The van der Waals surface area contributed by atoms with E-state index in [1.165, 1.54) is 0 Å². The third-order valence-corrected chi connectivity index (χ3v) is 0. The van der Waals surface area contributed by atoms with E-state index in [1.54, 1.807) is 0 Å². The predicted octanol–water partition coefficient (Wildman–Crippen LogP) is -0.0125. The van der Waals surface area contributed by atoms with Crippen molar-refractivity contribution in [2.75, 3.05) is 0 Å². The molecule has 0 bridgehead atoms. The number of hydrogen-bond acceptors (Lipinski definition) is 0. The van der Waals surface area contributed by atoms with Crippen LogP contribution < -0.4 is 0 Å². The number of rotatable bonds is 0. The third-order valence-electron chi connectivity index (χ3n) is 0. The van der Waals surface area contributed by atoms with Gasteiger partial charge in [-0.15, -0.1) is 0 Å². The minimum Gasteiger partial charge on any atom is 0 e. The van der Waals surface area contributed by atoms with Gasteiger partial charge in [0, 0.05) is 98.1 Å². The van der Waals surface area contributed by atoms with E-state index in [2.05, 4.69) is 0 Å². The van der Waals surface area contributed by atoms with Crippen LogP contribution in [-0.4, -0.2) is 0 Å². The van der Waals surface area contributed by atoms with Crippen molar-refractivity contribution in [2.24, 2.45) is 0 Å². The van der Waals surface area contributed by atoms with Crippen molar-refractivity contribution in [1.82, 2.24) is 0 Å². The Hall–Kier alpha value is 3.13. The van der Waals surface area contributed by atoms with Crippen LogP contribution in [0.3, 0.4) is 0 Å². The maximum absolute atomic E-state index is 0. The average Bonchev–Trinajstić information content (AvgIpc) is 0. The molecule has 0 aliphatic carbocycles. The van der Waals surface area contributed by atoms with Gasteiger partial charge in [-0.25, -0.2) is 0 Å². The molecular weight excluding hydrogens is 493 g/mol. The predicted molar refractivity (Wildman–Crippen MR) is 0 cm³/mol. The van der Waals surface area contributed by atoms with Crippen molar-refractivity contribution in [3.63, 3.8) is 0 Å². The molecule has 0 aromatic rings. The normalized spacial score (nSPS) is 0. The molecule has 0 heterocycles. The first kappa shape index (κ1) is 42.2. The smallest absolute Gasteiger partial charge is 0 e. The molecule has 0 atom stereocenters. The summed E-state index contributed by atoms with van der Waals surface area (Å²) in [7, 11) is 0. The van der Waals surface area contributed by atoms with Crippen LogP contribution in [0.15, 0.2) is 0 Å². The molecule has 0 spiro atoms. The van der Waals surface area contributed by atoms with Crippen LogP contribution in [0.5, 0.6) is 0 Å². The van der Waals surface area contributed by atoms with E-state index in [4.69, 9.17) is 0 Å². The van der Waals surface area contributed by atoms with Gasteiger partial charge in [0.15, 0.2) is 0 Å². The van der Waals surface area contributed by atoms with Crippen LogP contribution in [-0.2, 0) is 98.1 Å². The summed E-state index contributed by atoms with van der Waals surface area (Å²) < 4.78 is 0. The summed E-state index contributed by atoms with van der Waals surface area (Å²) in [6.07, 6.45) is 0. The Bertz CT molecular complexity index is 11.6. The summed E-state index contributed by atoms with van der Waals surface area (Å²) in [6.45, 7) is 0. The molecule has 0 unspecified atom stereocenters. The molecule has 0 aliphatic heterocycles. The van der Waals surface area contributed by atoms with E-state index in [0.717, 1.165) is 0 Å². The maximum atomic E-state index is 0. The standard InChI is InChI=1S/Ag.Au.Co.Cu.Zn. The molecule has 0 nitrogen and oxygen atoms in total. The first-order valence-electron chi connectivity index (χ1n) is 0. The molecule has 0 aliphatic rings. The molecule has 0 aromatic carbocycles. The largest absolute Gasteiger partial charge is 0 e. The van der Waals surface area contributed by atoms with Gasteiger partial charge >= 0.3 is 0 Å². The SMILES string of the molecule is [Ag].[Au].[Co].[Cu].[Zn]. The molecule has 5 heavy (non-hydrogen) atoms. The van der Waals surface area contributed by atoms with Gasteiger partial charge in [-0.2, -0.15) is 0 Å². The van der Waals surface area contributed by atoms with E-state index in [-0.39, 0.29) is 98.1 Å². The minimum atomic E-state index is 0. The third kappa shape index (κ3) is 19.2. The van der Waals surface area contributed by atoms with E-state index >= 15 is 0 Å². The van der Waals surface area contributed by atoms with Gasteiger partial charge < -0.3 is 0 Å². The Morgan fingerprint density at radius 2 is 1.00 bits per heavy atom. The van der Waals surface area contributed by atoms with Crippen LogP contribution in [0.25, 0.3) is 0 Å². The summed E-state index contributed by atoms with van der Waals surface area (Å²) in [5.41, 5.74) is 0. The molecule has 4 radical (unpaired) electrons. The molecule has 0 aromatic heterocycles. The Morgan fingerprint density at radius 3 is 1.00 bits per heavy atom. The van der Waals surface area contributed by atoms with Crippen LogP contribution >= 0.6 is 0 Å². The van der Waals surface area contributed by atoms with Crippen molar-refractivity contribution in [1.29, 1.82) is 0 Å². The zero-order valence-electron chi connectivity index (χ0n) is 1.94. The fourth-order valence-electron chi connectivity index (χ4n) is 0. The second-order valence-corrected chi connectivity index (χ2v) is 0. The zero-order chi connectivity index (χ0) is 0. The maximum Gasteiger partial charge on any atom is 0 e. The summed E-state index contributed by atoms with van der Waals surface area (Å²) in [6, 6.07) is 0. The van der Waals surface area contributed by atoms with E-state index < -0.39 is 0 Å². The second-order valence-electron chi connectivity index (χ2n) is 0. The van der Waals surface area contributed by atoms with E-state index in [1.807, 2.05) is 0 Å². The van der Waals surface area contributed by atoms with Gasteiger partial charge in [0.25, 0.3) is 0 Å². The Kier molecular flexibility index (Phi) is 231. The molecule has 44 valence electrons. The zero-order valence-corrected chi connectivity index (χ0v) is 10.5. The van der Waals surface area contributed by atoms with Crippen LogP contribution in [0.2, 0.25) is 0 Å². The Balaban J connectivity index is 0. The second kappa shape index (κ2) is 27.3. The van der Waals surface area contributed by atoms with E-state index in [0.29, 0.717) is 0 Å². The average molecular weight is 493 g/mol. The molecular formula is AgAuCoCuZn. The minimum absolute atomic E-state index is 0. The summed E-state index contributed by atoms with van der Waals surface area (Å²) in [5, 5.41) is 0. The Morgan fingerprint density at radius 1 is 1.00 bits per heavy atom.